The zero-order valence-electron chi connectivity index (χ0n) is 12.2. The number of hydrogen-bond acceptors (Lipinski definition) is 3. The summed E-state index contributed by atoms with van der Waals surface area (Å²) in [5.41, 5.74) is -3.16. The van der Waals surface area contributed by atoms with Gasteiger partial charge in [0, 0.05) is 12.6 Å². The number of hydrogen-bond donors (Lipinski definition) is 2. The molecule has 0 bridgehead atoms. The standard InChI is InChI=1S/C16H20F3NO2/c17-16(18,19)15(21,12-5-2-1-3-6-12)11-20-13-9-14(22-10-13)7-4-8-14/h1-3,5-6,13,20-21H,4,7-11H2. The molecule has 1 aliphatic carbocycles. The van der Waals surface area contributed by atoms with Crippen LogP contribution in [0.4, 0.5) is 13.2 Å². The van der Waals surface area contributed by atoms with Crippen molar-refractivity contribution in [1.82, 2.24) is 5.32 Å². The first-order valence-electron chi connectivity index (χ1n) is 7.57. The van der Waals surface area contributed by atoms with Crippen LogP contribution in [0.2, 0.25) is 0 Å². The van der Waals surface area contributed by atoms with E-state index >= 15 is 0 Å². The van der Waals surface area contributed by atoms with Crippen molar-refractivity contribution < 1.29 is 23.0 Å². The highest BCUT2D eigenvalue weighted by molar-refractivity contribution is 5.25. The molecule has 22 heavy (non-hydrogen) atoms. The predicted octanol–water partition coefficient (Wildman–Crippen LogP) is 2.74. The second-order valence-corrected chi connectivity index (χ2v) is 6.35. The molecule has 3 rings (SSSR count). The molecule has 122 valence electrons. The molecular formula is C16H20F3NO2. The summed E-state index contributed by atoms with van der Waals surface area (Å²) in [5, 5.41) is 13.1. The summed E-state index contributed by atoms with van der Waals surface area (Å²) in [7, 11) is 0. The highest BCUT2D eigenvalue weighted by Crippen LogP contribution is 2.44. The summed E-state index contributed by atoms with van der Waals surface area (Å²) in [5.74, 6) is 0. The third kappa shape index (κ3) is 2.75. The lowest BCUT2D eigenvalue weighted by molar-refractivity contribution is -0.264. The predicted molar refractivity (Wildman–Crippen MR) is 75.3 cm³/mol. The summed E-state index contributed by atoms with van der Waals surface area (Å²) in [4.78, 5) is 0. The minimum atomic E-state index is -4.74. The first-order valence-corrected chi connectivity index (χ1v) is 7.57. The Morgan fingerprint density at radius 2 is 1.91 bits per heavy atom. The van der Waals surface area contributed by atoms with Gasteiger partial charge >= 0.3 is 6.18 Å². The Bertz CT molecular complexity index is 516. The van der Waals surface area contributed by atoms with Gasteiger partial charge < -0.3 is 15.2 Å². The maximum absolute atomic E-state index is 13.4. The van der Waals surface area contributed by atoms with Gasteiger partial charge in [0.1, 0.15) is 0 Å². The molecule has 1 heterocycles. The van der Waals surface area contributed by atoms with Gasteiger partial charge in [-0.05, 0) is 31.2 Å². The maximum atomic E-state index is 13.4. The van der Waals surface area contributed by atoms with Gasteiger partial charge in [-0.2, -0.15) is 13.2 Å². The first-order chi connectivity index (χ1) is 10.3. The molecule has 3 nitrogen and oxygen atoms in total. The van der Waals surface area contributed by atoms with Crippen molar-refractivity contribution in [2.24, 2.45) is 0 Å². The fraction of sp³-hybridized carbons (Fsp3) is 0.625. The number of halogens is 3. The highest BCUT2D eigenvalue weighted by atomic mass is 19.4. The maximum Gasteiger partial charge on any atom is 0.422 e. The molecule has 1 aliphatic heterocycles. The number of nitrogens with one attached hydrogen (secondary N) is 1. The van der Waals surface area contributed by atoms with Crippen molar-refractivity contribution in [2.45, 2.75) is 49.1 Å². The fourth-order valence-electron chi connectivity index (χ4n) is 3.27. The molecular weight excluding hydrogens is 295 g/mol. The van der Waals surface area contributed by atoms with Gasteiger partial charge in [-0.1, -0.05) is 30.3 Å². The highest BCUT2D eigenvalue weighted by Gasteiger charge is 2.55. The Hall–Kier alpha value is -1.11. The quantitative estimate of drug-likeness (QED) is 0.898. The van der Waals surface area contributed by atoms with Crippen molar-refractivity contribution in [3.63, 3.8) is 0 Å². The minimum Gasteiger partial charge on any atom is -0.375 e. The van der Waals surface area contributed by atoms with Crippen LogP contribution >= 0.6 is 0 Å². The van der Waals surface area contributed by atoms with Crippen LogP contribution in [0.5, 0.6) is 0 Å². The van der Waals surface area contributed by atoms with E-state index in [0.29, 0.717) is 6.61 Å². The Morgan fingerprint density at radius 3 is 2.41 bits per heavy atom. The van der Waals surface area contributed by atoms with Crippen LogP contribution in [0.1, 0.15) is 31.2 Å². The lowest BCUT2D eigenvalue weighted by Gasteiger charge is -2.37. The lowest BCUT2D eigenvalue weighted by Crippen LogP contribution is -2.52. The molecule has 1 aromatic carbocycles. The summed E-state index contributed by atoms with van der Waals surface area (Å²) >= 11 is 0. The number of rotatable bonds is 4. The number of aliphatic hydroxyl groups is 1. The topological polar surface area (TPSA) is 41.5 Å². The molecule has 2 unspecified atom stereocenters. The minimum absolute atomic E-state index is 0.124. The molecule has 0 aromatic heterocycles. The average molecular weight is 315 g/mol. The molecule has 0 radical (unpaired) electrons. The molecule has 1 saturated carbocycles. The zero-order valence-corrected chi connectivity index (χ0v) is 12.2. The van der Waals surface area contributed by atoms with E-state index in [0.717, 1.165) is 25.7 Å². The van der Waals surface area contributed by atoms with Gasteiger partial charge in [0.15, 0.2) is 5.60 Å². The smallest absolute Gasteiger partial charge is 0.375 e. The Kier molecular flexibility index (Phi) is 3.95. The van der Waals surface area contributed by atoms with E-state index in [1.165, 1.54) is 24.3 Å². The molecule has 1 aromatic rings. The summed E-state index contributed by atoms with van der Waals surface area (Å²) in [6.45, 7) is -0.159. The van der Waals surface area contributed by atoms with Crippen molar-refractivity contribution in [3.05, 3.63) is 35.9 Å². The van der Waals surface area contributed by atoms with Crippen LogP contribution in [0.25, 0.3) is 0 Å². The largest absolute Gasteiger partial charge is 0.422 e. The van der Waals surface area contributed by atoms with Crippen LogP contribution in [-0.2, 0) is 10.3 Å². The molecule has 2 atom stereocenters. The molecule has 2 fully saturated rings. The average Bonchev–Trinajstić information content (AvgIpc) is 2.89. The number of benzene rings is 1. The van der Waals surface area contributed by atoms with Crippen LogP contribution in [0.3, 0.4) is 0 Å². The van der Waals surface area contributed by atoms with Gasteiger partial charge in [0.25, 0.3) is 0 Å². The Balaban J connectivity index is 1.69. The third-order valence-corrected chi connectivity index (χ3v) is 4.84. The van der Waals surface area contributed by atoms with Gasteiger partial charge in [-0.15, -0.1) is 0 Å². The number of ether oxygens (including phenoxy) is 1. The molecule has 1 spiro atoms. The van der Waals surface area contributed by atoms with E-state index in [1.54, 1.807) is 6.07 Å². The molecule has 1 saturated heterocycles. The zero-order chi connectivity index (χ0) is 15.8. The van der Waals surface area contributed by atoms with Gasteiger partial charge in [-0.25, -0.2) is 0 Å². The first kappa shape index (κ1) is 15.8. The van der Waals surface area contributed by atoms with E-state index in [-0.39, 0.29) is 17.2 Å². The summed E-state index contributed by atoms with van der Waals surface area (Å²) in [6, 6.07) is 7.07. The van der Waals surface area contributed by atoms with E-state index < -0.39 is 18.3 Å². The van der Waals surface area contributed by atoms with E-state index in [9.17, 15) is 18.3 Å². The summed E-state index contributed by atoms with van der Waals surface area (Å²) < 4.78 is 45.8. The second kappa shape index (κ2) is 5.51. The lowest BCUT2D eigenvalue weighted by atomic mass is 9.77. The van der Waals surface area contributed by atoms with Gasteiger partial charge in [0.05, 0.1) is 12.2 Å². The fourth-order valence-corrected chi connectivity index (χ4v) is 3.27. The Morgan fingerprint density at radius 1 is 1.23 bits per heavy atom. The van der Waals surface area contributed by atoms with Crippen molar-refractivity contribution >= 4 is 0 Å². The van der Waals surface area contributed by atoms with Gasteiger partial charge in [0.2, 0.25) is 0 Å². The molecule has 2 N–H and O–H groups in total. The Labute approximate surface area is 127 Å². The van der Waals surface area contributed by atoms with Gasteiger partial charge in [-0.3, -0.25) is 0 Å². The van der Waals surface area contributed by atoms with Crippen LogP contribution in [0, 0.1) is 0 Å². The van der Waals surface area contributed by atoms with Crippen molar-refractivity contribution in [3.8, 4) is 0 Å². The van der Waals surface area contributed by atoms with E-state index in [2.05, 4.69) is 5.32 Å². The molecule has 6 heteroatoms. The number of alkyl halides is 3. The van der Waals surface area contributed by atoms with E-state index in [4.69, 9.17) is 4.74 Å². The molecule has 2 aliphatic rings. The van der Waals surface area contributed by atoms with E-state index in [1.807, 2.05) is 0 Å². The SMILES string of the molecule is OC(CNC1COC2(CCC2)C1)(c1ccccc1)C(F)(F)F. The van der Waals surface area contributed by atoms with Crippen molar-refractivity contribution in [1.29, 1.82) is 0 Å². The third-order valence-electron chi connectivity index (χ3n) is 4.84. The monoisotopic (exact) mass is 315 g/mol. The second-order valence-electron chi connectivity index (χ2n) is 6.35. The normalized spacial score (nSPS) is 26.6. The van der Waals surface area contributed by atoms with Crippen LogP contribution < -0.4 is 5.32 Å². The molecule has 0 amide bonds. The van der Waals surface area contributed by atoms with Crippen molar-refractivity contribution in [2.75, 3.05) is 13.2 Å². The van der Waals surface area contributed by atoms with Crippen LogP contribution in [0.15, 0.2) is 30.3 Å². The summed E-state index contributed by atoms with van der Waals surface area (Å²) in [6.07, 6.45) is -0.950. The van der Waals surface area contributed by atoms with Crippen LogP contribution in [-0.4, -0.2) is 36.1 Å².